The summed E-state index contributed by atoms with van der Waals surface area (Å²) >= 11 is 0. The molecule has 0 aliphatic carbocycles. The van der Waals surface area contributed by atoms with Crippen molar-refractivity contribution in [2.75, 3.05) is 6.61 Å². The van der Waals surface area contributed by atoms with Gasteiger partial charge in [0.25, 0.3) is 0 Å². The van der Waals surface area contributed by atoms with E-state index in [1.54, 1.807) is 12.1 Å². The highest BCUT2D eigenvalue weighted by Crippen LogP contribution is 2.43. The molecule has 0 amide bonds. The third kappa shape index (κ3) is 6.62. The van der Waals surface area contributed by atoms with E-state index in [4.69, 9.17) is 18.8 Å². The SMILES string of the molecule is CC(C)C1OC(C)(c2ccc([S+](c3ccccc3)c3ccc(OC(C)C(F)(F)S(=O)(=O)O)cc3)cc2)OCC1(C)C. The van der Waals surface area contributed by atoms with E-state index >= 15 is 0 Å². The van der Waals surface area contributed by atoms with Gasteiger partial charge in [0, 0.05) is 11.0 Å². The molecule has 3 aromatic rings. The van der Waals surface area contributed by atoms with Crippen LogP contribution in [0.1, 0.15) is 47.1 Å². The van der Waals surface area contributed by atoms with E-state index in [2.05, 4.69) is 27.7 Å². The van der Waals surface area contributed by atoms with Crippen molar-refractivity contribution in [2.45, 2.75) is 79.5 Å². The smallest absolute Gasteiger partial charge is 0.405 e. The monoisotopic (exact) mass is 607 g/mol. The molecular formula is C31H37F2O6S2+. The van der Waals surface area contributed by atoms with Crippen molar-refractivity contribution in [3.8, 4) is 5.75 Å². The highest BCUT2D eigenvalue weighted by atomic mass is 32.2. The van der Waals surface area contributed by atoms with Crippen LogP contribution >= 0.6 is 0 Å². The van der Waals surface area contributed by atoms with E-state index in [0.717, 1.165) is 27.2 Å². The summed E-state index contributed by atoms with van der Waals surface area (Å²) in [5.74, 6) is -0.502. The van der Waals surface area contributed by atoms with Crippen molar-refractivity contribution in [3.05, 3.63) is 84.4 Å². The van der Waals surface area contributed by atoms with Gasteiger partial charge in [0.05, 0.1) is 23.6 Å². The van der Waals surface area contributed by atoms with Gasteiger partial charge >= 0.3 is 15.4 Å². The number of hydrogen-bond donors (Lipinski definition) is 1. The molecule has 222 valence electrons. The highest BCUT2D eigenvalue weighted by Gasteiger charge is 2.51. The number of alkyl halides is 2. The van der Waals surface area contributed by atoms with Crippen molar-refractivity contribution >= 4 is 21.0 Å². The van der Waals surface area contributed by atoms with Crippen LogP contribution in [0.15, 0.2) is 93.5 Å². The molecule has 0 spiro atoms. The lowest BCUT2D eigenvalue weighted by molar-refractivity contribution is -0.337. The predicted molar refractivity (Wildman–Crippen MR) is 155 cm³/mol. The quantitative estimate of drug-likeness (QED) is 0.203. The lowest BCUT2D eigenvalue weighted by atomic mass is 9.80. The Hall–Kier alpha value is -2.50. The Morgan fingerprint density at radius 1 is 0.902 bits per heavy atom. The van der Waals surface area contributed by atoms with Crippen LogP contribution in [0.25, 0.3) is 0 Å². The molecule has 1 aliphatic rings. The van der Waals surface area contributed by atoms with Gasteiger partial charge in [-0.3, -0.25) is 4.55 Å². The molecule has 1 N–H and O–H groups in total. The number of halogens is 2. The minimum atomic E-state index is -5.62. The second-order valence-corrected chi connectivity index (χ2v) is 14.9. The average Bonchev–Trinajstić information content (AvgIpc) is 2.91. The van der Waals surface area contributed by atoms with E-state index in [-0.39, 0.29) is 17.3 Å². The van der Waals surface area contributed by atoms with Gasteiger partial charge in [0.1, 0.15) is 5.75 Å². The van der Waals surface area contributed by atoms with Crippen LogP contribution in [0.3, 0.4) is 0 Å². The van der Waals surface area contributed by atoms with Crippen LogP contribution in [0.4, 0.5) is 8.78 Å². The molecule has 0 aromatic heterocycles. The fourth-order valence-electron chi connectivity index (χ4n) is 5.03. The second-order valence-electron chi connectivity index (χ2n) is 11.4. The summed E-state index contributed by atoms with van der Waals surface area (Å²) in [7, 11) is -6.16. The zero-order chi connectivity index (χ0) is 30.2. The Kier molecular flexibility index (Phi) is 8.93. The summed E-state index contributed by atoms with van der Waals surface area (Å²) in [6.45, 7) is 12.0. The first-order valence-corrected chi connectivity index (χ1v) is 16.0. The maximum Gasteiger partial charge on any atom is 0.405 e. The molecule has 4 atom stereocenters. The van der Waals surface area contributed by atoms with Crippen molar-refractivity contribution in [1.29, 1.82) is 0 Å². The maximum absolute atomic E-state index is 14.0. The third-order valence-corrected chi connectivity index (χ3v) is 10.5. The van der Waals surface area contributed by atoms with Crippen molar-refractivity contribution < 1.29 is 36.0 Å². The van der Waals surface area contributed by atoms with Crippen LogP contribution < -0.4 is 4.74 Å². The number of rotatable bonds is 9. The molecule has 3 aromatic carbocycles. The van der Waals surface area contributed by atoms with Gasteiger partial charge in [-0.25, -0.2) is 0 Å². The summed E-state index contributed by atoms with van der Waals surface area (Å²) < 4.78 is 77.0. The Bertz CT molecular complexity index is 1430. The first-order valence-electron chi connectivity index (χ1n) is 13.4. The van der Waals surface area contributed by atoms with Gasteiger partial charge in [0.15, 0.2) is 26.6 Å². The van der Waals surface area contributed by atoms with Crippen LogP contribution in [-0.2, 0) is 36.3 Å². The van der Waals surface area contributed by atoms with E-state index in [0.29, 0.717) is 12.5 Å². The molecule has 0 saturated carbocycles. The highest BCUT2D eigenvalue weighted by molar-refractivity contribution is 7.97. The molecule has 4 rings (SSSR count). The van der Waals surface area contributed by atoms with Gasteiger partial charge < -0.3 is 14.2 Å². The van der Waals surface area contributed by atoms with Gasteiger partial charge in [-0.1, -0.05) is 45.9 Å². The Labute approximate surface area is 244 Å². The average molecular weight is 608 g/mol. The van der Waals surface area contributed by atoms with Crippen molar-refractivity contribution in [3.63, 3.8) is 0 Å². The zero-order valence-corrected chi connectivity index (χ0v) is 25.6. The summed E-state index contributed by atoms with van der Waals surface area (Å²) in [5.41, 5.74) is 0.806. The normalized spacial score (nSPS) is 22.7. The second kappa shape index (κ2) is 11.6. The molecule has 41 heavy (non-hydrogen) atoms. The first kappa shape index (κ1) is 31.4. The molecule has 1 fully saturated rings. The molecule has 1 saturated heterocycles. The topological polar surface area (TPSA) is 82.1 Å². The van der Waals surface area contributed by atoms with Gasteiger partial charge in [-0.2, -0.15) is 17.2 Å². The van der Waals surface area contributed by atoms with Crippen LogP contribution in [0, 0.1) is 11.3 Å². The summed E-state index contributed by atoms with van der Waals surface area (Å²) in [6, 6.07) is 24.6. The van der Waals surface area contributed by atoms with Crippen LogP contribution in [0.2, 0.25) is 0 Å². The van der Waals surface area contributed by atoms with E-state index in [1.807, 2.05) is 61.5 Å². The summed E-state index contributed by atoms with van der Waals surface area (Å²) in [6.07, 6.45) is -2.06. The van der Waals surface area contributed by atoms with E-state index < -0.39 is 38.2 Å². The molecule has 1 heterocycles. The molecule has 4 unspecified atom stereocenters. The van der Waals surface area contributed by atoms with Gasteiger partial charge in [-0.05, 0) is 80.4 Å². The molecule has 0 radical (unpaired) electrons. The van der Waals surface area contributed by atoms with Crippen LogP contribution in [-0.4, -0.2) is 37.0 Å². The molecular weight excluding hydrogens is 570 g/mol. The van der Waals surface area contributed by atoms with Crippen LogP contribution in [0.5, 0.6) is 5.75 Å². The Balaban J connectivity index is 1.62. The third-order valence-electron chi connectivity index (χ3n) is 7.23. The van der Waals surface area contributed by atoms with E-state index in [9.17, 15) is 17.2 Å². The van der Waals surface area contributed by atoms with Gasteiger partial charge in [0.2, 0.25) is 0 Å². The number of ether oxygens (including phenoxy) is 3. The fourth-order valence-corrected chi connectivity index (χ4v) is 7.56. The zero-order valence-electron chi connectivity index (χ0n) is 24.0. The van der Waals surface area contributed by atoms with Gasteiger partial charge in [-0.15, -0.1) is 0 Å². The van der Waals surface area contributed by atoms with Crippen molar-refractivity contribution in [1.82, 2.24) is 0 Å². The lowest BCUT2D eigenvalue weighted by Gasteiger charge is -2.49. The summed E-state index contributed by atoms with van der Waals surface area (Å²) in [4.78, 5) is 2.99. The number of benzene rings is 3. The standard InChI is InChI=1S/C31H36F2O6S2/c1-21(2)28-29(4,5)20-37-30(6,39-28)23-12-16-26(17-13-23)40(25-10-8-7-9-11-25)27-18-14-24(15-19-27)38-22(3)31(32,33)41(34,35)36/h7-19,21-22,28H,20H2,1-6H3/p+1. The van der Waals surface area contributed by atoms with Crippen molar-refractivity contribution in [2.24, 2.45) is 11.3 Å². The van der Waals surface area contributed by atoms with E-state index in [1.165, 1.54) is 12.1 Å². The minimum Gasteiger partial charge on any atom is -0.483 e. The fraction of sp³-hybridized carbons (Fsp3) is 0.419. The first-order chi connectivity index (χ1) is 19.0. The minimum absolute atomic E-state index is 0.0285. The maximum atomic E-state index is 14.0. The molecule has 10 heteroatoms. The summed E-state index contributed by atoms with van der Waals surface area (Å²) in [5, 5.41) is -4.45. The molecule has 0 bridgehead atoms. The number of hydrogen-bond acceptors (Lipinski definition) is 5. The molecule has 1 aliphatic heterocycles. The largest absolute Gasteiger partial charge is 0.483 e. The predicted octanol–water partition coefficient (Wildman–Crippen LogP) is 7.30. The Morgan fingerprint density at radius 2 is 1.41 bits per heavy atom. The lowest BCUT2D eigenvalue weighted by Crippen LogP contribution is -2.52. The molecule has 6 nitrogen and oxygen atoms in total. The Morgan fingerprint density at radius 3 is 1.93 bits per heavy atom.